The Morgan fingerprint density at radius 1 is 1.40 bits per heavy atom. The van der Waals surface area contributed by atoms with Gasteiger partial charge in [0.05, 0.1) is 12.4 Å². The highest BCUT2D eigenvalue weighted by atomic mass is 32.2. The SMILES string of the molecule is COCCn1cnnc1SCC(=O)Nc1ccccc1. The lowest BCUT2D eigenvalue weighted by atomic mass is 10.3. The van der Waals surface area contributed by atoms with Crippen molar-refractivity contribution in [1.82, 2.24) is 14.8 Å². The number of aromatic nitrogens is 3. The molecule has 2 rings (SSSR count). The molecule has 20 heavy (non-hydrogen) atoms. The van der Waals surface area contributed by atoms with Crippen molar-refractivity contribution in [3.8, 4) is 0 Å². The molecule has 0 saturated heterocycles. The molecule has 1 N–H and O–H groups in total. The summed E-state index contributed by atoms with van der Waals surface area (Å²) in [4.78, 5) is 11.8. The van der Waals surface area contributed by atoms with Crippen LogP contribution in [0.5, 0.6) is 0 Å². The van der Waals surface area contributed by atoms with Gasteiger partial charge in [0.2, 0.25) is 5.91 Å². The third kappa shape index (κ3) is 4.36. The first-order chi connectivity index (χ1) is 9.79. The number of rotatable bonds is 7. The van der Waals surface area contributed by atoms with E-state index < -0.39 is 0 Å². The number of anilines is 1. The number of thioether (sulfide) groups is 1. The number of carbonyl (C=O) groups excluding carboxylic acids is 1. The number of nitrogens with one attached hydrogen (secondary N) is 1. The van der Waals surface area contributed by atoms with Gasteiger partial charge in [-0.1, -0.05) is 30.0 Å². The first kappa shape index (κ1) is 14.5. The summed E-state index contributed by atoms with van der Waals surface area (Å²) in [7, 11) is 1.64. The molecule has 0 aliphatic carbocycles. The van der Waals surface area contributed by atoms with Gasteiger partial charge in [-0.25, -0.2) is 0 Å². The zero-order valence-electron chi connectivity index (χ0n) is 11.2. The Morgan fingerprint density at radius 3 is 2.95 bits per heavy atom. The van der Waals surface area contributed by atoms with Crippen LogP contribution in [-0.4, -0.2) is 40.1 Å². The second-order valence-corrected chi connectivity index (χ2v) is 4.95. The monoisotopic (exact) mass is 292 g/mol. The van der Waals surface area contributed by atoms with Gasteiger partial charge in [-0.2, -0.15) is 0 Å². The third-order valence-electron chi connectivity index (χ3n) is 2.51. The van der Waals surface area contributed by atoms with Gasteiger partial charge in [0.15, 0.2) is 5.16 Å². The van der Waals surface area contributed by atoms with Crippen molar-refractivity contribution < 1.29 is 9.53 Å². The predicted octanol–water partition coefficient (Wildman–Crippen LogP) is 1.66. The van der Waals surface area contributed by atoms with Crippen molar-refractivity contribution in [2.45, 2.75) is 11.7 Å². The van der Waals surface area contributed by atoms with Crippen LogP contribution in [0.4, 0.5) is 5.69 Å². The molecule has 106 valence electrons. The fourth-order valence-corrected chi connectivity index (χ4v) is 2.29. The molecule has 1 aromatic carbocycles. The fourth-order valence-electron chi connectivity index (χ4n) is 1.55. The molecule has 0 spiro atoms. The van der Waals surface area contributed by atoms with Crippen LogP contribution in [0.25, 0.3) is 0 Å². The van der Waals surface area contributed by atoms with E-state index in [1.165, 1.54) is 11.8 Å². The second-order valence-electron chi connectivity index (χ2n) is 4.00. The van der Waals surface area contributed by atoms with Crippen molar-refractivity contribution >= 4 is 23.4 Å². The smallest absolute Gasteiger partial charge is 0.234 e. The molecule has 7 heteroatoms. The topological polar surface area (TPSA) is 69.0 Å². The van der Waals surface area contributed by atoms with Gasteiger partial charge in [0.25, 0.3) is 0 Å². The summed E-state index contributed by atoms with van der Waals surface area (Å²) >= 11 is 1.35. The number of benzene rings is 1. The maximum Gasteiger partial charge on any atom is 0.234 e. The number of amides is 1. The zero-order chi connectivity index (χ0) is 14.2. The lowest BCUT2D eigenvalue weighted by Gasteiger charge is -2.06. The molecule has 0 aliphatic heterocycles. The van der Waals surface area contributed by atoms with E-state index in [0.717, 1.165) is 5.69 Å². The molecule has 1 amide bonds. The first-order valence-electron chi connectivity index (χ1n) is 6.14. The van der Waals surface area contributed by atoms with Gasteiger partial charge >= 0.3 is 0 Å². The maximum atomic E-state index is 11.8. The van der Waals surface area contributed by atoms with Gasteiger partial charge in [0.1, 0.15) is 6.33 Å². The van der Waals surface area contributed by atoms with Gasteiger partial charge in [-0.15, -0.1) is 10.2 Å². The summed E-state index contributed by atoms with van der Waals surface area (Å²) in [6.45, 7) is 1.26. The van der Waals surface area contributed by atoms with Crippen molar-refractivity contribution in [2.75, 3.05) is 24.8 Å². The van der Waals surface area contributed by atoms with Crippen LogP contribution in [0.3, 0.4) is 0 Å². The molecule has 2 aromatic rings. The van der Waals surface area contributed by atoms with E-state index in [1.54, 1.807) is 13.4 Å². The van der Waals surface area contributed by atoms with E-state index in [4.69, 9.17) is 4.74 Å². The number of hydrogen-bond donors (Lipinski definition) is 1. The van der Waals surface area contributed by atoms with Crippen LogP contribution >= 0.6 is 11.8 Å². The summed E-state index contributed by atoms with van der Waals surface area (Å²) < 4.78 is 6.87. The largest absolute Gasteiger partial charge is 0.383 e. The number of methoxy groups -OCH3 is 1. The molecule has 1 heterocycles. The van der Waals surface area contributed by atoms with E-state index in [-0.39, 0.29) is 5.91 Å². The molecule has 0 fully saturated rings. The summed E-state index contributed by atoms with van der Waals surface area (Å²) in [5.41, 5.74) is 0.791. The first-order valence-corrected chi connectivity index (χ1v) is 7.12. The molecule has 0 atom stereocenters. The molecule has 0 radical (unpaired) electrons. The van der Waals surface area contributed by atoms with Crippen LogP contribution in [0, 0.1) is 0 Å². The van der Waals surface area contributed by atoms with Crippen molar-refractivity contribution in [1.29, 1.82) is 0 Å². The molecule has 0 bridgehead atoms. The summed E-state index contributed by atoms with van der Waals surface area (Å²) in [5, 5.41) is 11.4. The van der Waals surface area contributed by atoms with Crippen molar-refractivity contribution in [3.05, 3.63) is 36.7 Å². The summed E-state index contributed by atoms with van der Waals surface area (Å²) in [6.07, 6.45) is 1.64. The number of para-hydroxylation sites is 1. The Balaban J connectivity index is 1.83. The van der Waals surface area contributed by atoms with Crippen molar-refractivity contribution in [3.63, 3.8) is 0 Å². The van der Waals surface area contributed by atoms with Crippen LogP contribution in [-0.2, 0) is 16.1 Å². The molecule has 0 unspecified atom stereocenters. The quantitative estimate of drug-likeness (QED) is 0.786. The minimum Gasteiger partial charge on any atom is -0.383 e. The van der Waals surface area contributed by atoms with Gasteiger partial charge in [-0.3, -0.25) is 4.79 Å². The summed E-state index contributed by atoms with van der Waals surface area (Å²) in [6, 6.07) is 9.37. The Labute approximate surface area is 121 Å². The molecule has 0 aliphatic rings. The molecular formula is C13H16N4O2S. The molecule has 6 nitrogen and oxygen atoms in total. The highest BCUT2D eigenvalue weighted by Gasteiger charge is 2.08. The Morgan fingerprint density at radius 2 is 2.20 bits per heavy atom. The van der Waals surface area contributed by atoms with Crippen LogP contribution in [0.2, 0.25) is 0 Å². The lowest BCUT2D eigenvalue weighted by Crippen LogP contribution is -2.14. The zero-order valence-corrected chi connectivity index (χ0v) is 12.0. The Kier molecular flexibility index (Phi) is 5.57. The highest BCUT2D eigenvalue weighted by molar-refractivity contribution is 7.99. The maximum absolute atomic E-state index is 11.8. The molecule has 1 aromatic heterocycles. The summed E-state index contributed by atoms with van der Waals surface area (Å²) in [5.74, 6) is 0.225. The number of carbonyl (C=O) groups is 1. The van der Waals surface area contributed by atoms with Crippen LogP contribution < -0.4 is 5.32 Å². The Hall–Kier alpha value is -1.86. The number of hydrogen-bond acceptors (Lipinski definition) is 5. The van der Waals surface area contributed by atoms with Crippen LogP contribution in [0.1, 0.15) is 0 Å². The minimum absolute atomic E-state index is 0.0671. The van der Waals surface area contributed by atoms with Gasteiger partial charge < -0.3 is 14.6 Å². The third-order valence-corrected chi connectivity index (χ3v) is 3.49. The fraction of sp³-hybridized carbons (Fsp3) is 0.308. The van der Waals surface area contributed by atoms with Gasteiger partial charge in [0, 0.05) is 19.3 Å². The van der Waals surface area contributed by atoms with E-state index in [9.17, 15) is 4.79 Å². The normalized spacial score (nSPS) is 10.4. The standard InChI is InChI=1S/C13H16N4O2S/c1-19-8-7-17-10-14-16-13(17)20-9-12(18)15-11-5-3-2-4-6-11/h2-6,10H,7-9H2,1H3,(H,15,18). The average Bonchev–Trinajstić information content (AvgIpc) is 2.91. The van der Waals surface area contributed by atoms with E-state index in [2.05, 4.69) is 15.5 Å². The van der Waals surface area contributed by atoms with E-state index in [0.29, 0.717) is 24.1 Å². The predicted molar refractivity (Wildman–Crippen MR) is 77.7 cm³/mol. The van der Waals surface area contributed by atoms with E-state index >= 15 is 0 Å². The molecule has 0 saturated carbocycles. The van der Waals surface area contributed by atoms with Crippen LogP contribution in [0.15, 0.2) is 41.8 Å². The second kappa shape index (κ2) is 7.66. The van der Waals surface area contributed by atoms with Crippen molar-refractivity contribution in [2.24, 2.45) is 0 Å². The minimum atomic E-state index is -0.0671. The molecular weight excluding hydrogens is 276 g/mol. The number of ether oxygens (including phenoxy) is 1. The highest BCUT2D eigenvalue weighted by Crippen LogP contribution is 2.15. The van der Waals surface area contributed by atoms with E-state index in [1.807, 2.05) is 34.9 Å². The average molecular weight is 292 g/mol. The van der Waals surface area contributed by atoms with Gasteiger partial charge in [-0.05, 0) is 12.1 Å². The number of nitrogens with zero attached hydrogens (tertiary/aromatic N) is 3. The lowest BCUT2D eigenvalue weighted by molar-refractivity contribution is -0.113. The Bertz CT molecular complexity index is 544.